The zero-order valence-electron chi connectivity index (χ0n) is 23.9. The van der Waals surface area contributed by atoms with Gasteiger partial charge < -0.3 is 20.5 Å². The summed E-state index contributed by atoms with van der Waals surface area (Å²) in [4.78, 5) is 17.9. The third-order valence-corrected chi connectivity index (χ3v) is 9.22. The molecule has 3 N–H and O–H groups in total. The van der Waals surface area contributed by atoms with E-state index in [0.29, 0.717) is 17.9 Å². The number of ether oxygens (including phenoxy) is 1. The zero-order chi connectivity index (χ0) is 27.7. The van der Waals surface area contributed by atoms with Crippen LogP contribution in [0.5, 0.6) is 0 Å². The Morgan fingerprint density at radius 2 is 2.00 bits per heavy atom. The van der Waals surface area contributed by atoms with Crippen molar-refractivity contribution in [1.82, 2.24) is 19.9 Å². The summed E-state index contributed by atoms with van der Waals surface area (Å²) in [6.07, 6.45) is 11.4. The van der Waals surface area contributed by atoms with Gasteiger partial charge in [0.1, 0.15) is 5.82 Å². The lowest BCUT2D eigenvalue weighted by Gasteiger charge is -2.23. The van der Waals surface area contributed by atoms with Gasteiger partial charge in [0, 0.05) is 55.3 Å². The summed E-state index contributed by atoms with van der Waals surface area (Å²) in [5.41, 5.74) is 5.68. The van der Waals surface area contributed by atoms with Crippen LogP contribution in [0.2, 0.25) is 0 Å². The van der Waals surface area contributed by atoms with Crippen LogP contribution in [0.4, 0.5) is 5.82 Å². The lowest BCUT2D eigenvalue weighted by atomic mass is 9.87. The van der Waals surface area contributed by atoms with E-state index in [9.17, 15) is 9.90 Å². The van der Waals surface area contributed by atoms with Gasteiger partial charge in [0.15, 0.2) is 5.65 Å². The molecule has 0 bridgehead atoms. The van der Waals surface area contributed by atoms with E-state index in [2.05, 4.69) is 29.7 Å². The molecule has 1 amide bonds. The summed E-state index contributed by atoms with van der Waals surface area (Å²) < 4.78 is 7.49. The lowest BCUT2D eigenvalue weighted by Crippen LogP contribution is -2.26. The molecule has 3 heterocycles. The molecular formula is C32H43N5O3. The van der Waals surface area contributed by atoms with Gasteiger partial charge in [-0.2, -0.15) is 9.61 Å². The highest BCUT2D eigenvalue weighted by atomic mass is 16.5. The van der Waals surface area contributed by atoms with E-state index in [1.54, 1.807) is 0 Å². The summed E-state index contributed by atoms with van der Waals surface area (Å²) in [5, 5.41) is 21.5. The molecular weight excluding hydrogens is 502 g/mol. The average Bonchev–Trinajstić information content (AvgIpc) is 3.90. The molecule has 8 heteroatoms. The van der Waals surface area contributed by atoms with Gasteiger partial charge >= 0.3 is 0 Å². The van der Waals surface area contributed by atoms with Crippen LogP contribution in [0.3, 0.4) is 0 Å². The number of rotatable bonds is 12. The number of aryl methyl sites for hydroxylation is 1. The molecule has 2 aliphatic carbocycles. The number of aliphatic hydroxyl groups is 1. The molecule has 3 aliphatic rings. The number of nitrogens with one attached hydrogen (secondary N) is 2. The second-order valence-electron chi connectivity index (χ2n) is 12.5. The number of hydrogen-bond acceptors (Lipinski definition) is 6. The van der Waals surface area contributed by atoms with Crippen molar-refractivity contribution < 1.29 is 14.6 Å². The molecule has 0 spiro atoms. The molecule has 214 valence electrons. The van der Waals surface area contributed by atoms with Gasteiger partial charge in [0.05, 0.1) is 6.20 Å². The Labute approximate surface area is 236 Å². The van der Waals surface area contributed by atoms with Crippen molar-refractivity contribution in [3.05, 3.63) is 47.3 Å². The van der Waals surface area contributed by atoms with Crippen LogP contribution in [0.15, 0.2) is 30.5 Å². The fourth-order valence-electron chi connectivity index (χ4n) is 6.10. The highest BCUT2D eigenvalue weighted by Gasteiger charge is 2.43. The summed E-state index contributed by atoms with van der Waals surface area (Å²) in [7, 11) is 0. The first-order valence-corrected chi connectivity index (χ1v) is 15.2. The number of nitrogens with zero attached hydrogens (tertiary/aromatic N) is 3. The minimum Gasteiger partial charge on any atom is -0.396 e. The van der Waals surface area contributed by atoms with E-state index in [-0.39, 0.29) is 17.9 Å². The molecule has 3 aromatic rings. The van der Waals surface area contributed by atoms with Crippen molar-refractivity contribution >= 4 is 17.4 Å². The number of aliphatic hydroxyl groups excluding tert-OH is 1. The number of carbonyl (C=O) groups is 1. The Morgan fingerprint density at radius 1 is 1.20 bits per heavy atom. The van der Waals surface area contributed by atoms with E-state index in [4.69, 9.17) is 14.8 Å². The van der Waals surface area contributed by atoms with Gasteiger partial charge in [0.25, 0.3) is 5.91 Å². The standard InChI is InChI=1S/C32H43N5O3/c1-3-22(17-32(20-38)10-11-32)15-26-16-29(33-18-23-8-12-40-13-9-23)37-30(35-26)28(19-34-37)24-4-7-27(21(2)14-24)31(39)36-25-5-6-25/h4,7,14,16,19,22-23,25,33,38H,3,5-6,8-13,15,17-18,20H2,1-2H3,(H,36,39). The number of hydrogen-bond donors (Lipinski definition) is 3. The molecule has 2 saturated carbocycles. The predicted molar refractivity (Wildman–Crippen MR) is 157 cm³/mol. The van der Waals surface area contributed by atoms with Crippen molar-refractivity contribution in [3.63, 3.8) is 0 Å². The maximum Gasteiger partial charge on any atom is 0.251 e. The zero-order valence-corrected chi connectivity index (χ0v) is 23.9. The Morgan fingerprint density at radius 3 is 2.67 bits per heavy atom. The molecule has 6 rings (SSSR count). The minimum atomic E-state index is 0.00773. The third-order valence-electron chi connectivity index (χ3n) is 9.22. The normalized spacial score (nSPS) is 19.5. The van der Waals surface area contributed by atoms with Crippen LogP contribution >= 0.6 is 0 Å². The number of fused-ring (bicyclic) bond motifs is 1. The molecule has 1 saturated heterocycles. The lowest BCUT2D eigenvalue weighted by molar-refractivity contribution is 0.0699. The molecule has 1 aromatic carbocycles. The second-order valence-corrected chi connectivity index (χ2v) is 12.5. The van der Waals surface area contributed by atoms with E-state index in [1.165, 1.54) is 0 Å². The van der Waals surface area contributed by atoms with Crippen molar-refractivity contribution in [3.8, 4) is 11.1 Å². The molecule has 2 aromatic heterocycles. The topological polar surface area (TPSA) is 101 Å². The van der Waals surface area contributed by atoms with Gasteiger partial charge in [-0.1, -0.05) is 25.5 Å². The van der Waals surface area contributed by atoms with Crippen molar-refractivity contribution in [1.29, 1.82) is 0 Å². The van der Waals surface area contributed by atoms with Crippen molar-refractivity contribution in [2.45, 2.75) is 77.7 Å². The number of benzene rings is 1. The highest BCUT2D eigenvalue weighted by molar-refractivity contribution is 5.97. The first-order chi connectivity index (χ1) is 19.5. The Kier molecular flexibility index (Phi) is 7.82. The molecule has 3 fully saturated rings. The number of carbonyl (C=O) groups excluding carboxylic acids is 1. The predicted octanol–water partition coefficient (Wildman–Crippen LogP) is 5.17. The van der Waals surface area contributed by atoms with Gasteiger partial charge in [-0.05, 0) is 92.7 Å². The number of anilines is 1. The maximum absolute atomic E-state index is 12.7. The van der Waals surface area contributed by atoms with E-state index in [1.807, 2.05) is 29.8 Å². The van der Waals surface area contributed by atoms with Gasteiger partial charge in [-0.25, -0.2) is 4.98 Å². The van der Waals surface area contributed by atoms with Crippen LogP contribution in [0.1, 0.15) is 79.9 Å². The SMILES string of the molecule is CCC(Cc1cc(NCC2CCOCC2)n2ncc(-c3ccc(C(=O)NC4CC4)c(C)c3)c2n1)CC1(CO)CC1. The van der Waals surface area contributed by atoms with Crippen LogP contribution in [0.25, 0.3) is 16.8 Å². The fourth-order valence-corrected chi connectivity index (χ4v) is 6.10. The first-order valence-electron chi connectivity index (χ1n) is 15.2. The van der Waals surface area contributed by atoms with Crippen LogP contribution in [0, 0.1) is 24.2 Å². The Balaban J connectivity index is 1.31. The van der Waals surface area contributed by atoms with Crippen molar-refractivity contribution in [2.75, 3.05) is 31.7 Å². The van der Waals surface area contributed by atoms with Gasteiger partial charge in [-0.15, -0.1) is 0 Å². The highest BCUT2D eigenvalue weighted by Crippen LogP contribution is 2.51. The molecule has 40 heavy (non-hydrogen) atoms. The summed E-state index contributed by atoms with van der Waals surface area (Å²) in [5.74, 6) is 2.03. The first kappa shape index (κ1) is 27.2. The largest absolute Gasteiger partial charge is 0.396 e. The fraction of sp³-hybridized carbons (Fsp3) is 0.594. The maximum atomic E-state index is 12.7. The third kappa shape index (κ3) is 6.03. The van der Waals surface area contributed by atoms with Gasteiger partial charge in [-0.3, -0.25) is 4.79 Å². The summed E-state index contributed by atoms with van der Waals surface area (Å²) >= 11 is 0. The molecule has 1 atom stereocenters. The van der Waals surface area contributed by atoms with Crippen LogP contribution in [-0.2, 0) is 11.2 Å². The van der Waals surface area contributed by atoms with Crippen LogP contribution in [-0.4, -0.2) is 58.0 Å². The molecule has 8 nitrogen and oxygen atoms in total. The van der Waals surface area contributed by atoms with Gasteiger partial charge in [0.2, 0.25) is 0 Å². The van der Waals surface area contributed by atoms with E-state index in [0.717, 1.165) is 117 Å². The Bertz CT molecular complexity index is 1350. The molecule has 0 radical (unpaired) electrons. The van der Waals surface area contributed by atoms with E-state index >= 15 is 0 Å². The molecule has 1 aliphatic heterocycles. The van der Waals surface area contributed by atoms with Crippen molar-refractivity contribution in [2.24, 2.45) is 17.3 Å². The summed E-state index contributed by atoms with van der Waals surface area (Å²) in [6.45, 7) is 7.06. The van der Waals surface area contributed by atoms with E-state index < -0.39 is 0 Å². The number of amides is 1. The quantitative estimate of drug-likeness (QED) is 0.290. The minimum absolute atomic E-state index is 0.00773. The monoisotopic (exact) mass is 545 g/mol. The summed E-state index contributed by atoms with van der Waals surface area (Å²) in [6, 6.07) is 8.52. The second kappa shape index (κ2) is 11.5. The number of aromatic nitrogens is 3. The smallest absolute Gasteiger partial charge is 0.251 e. The average molecular weight is 546 g/mol. The molecule has 1 unspecified atom stereocenters. The Hall–Kier alpha value is -2.97. The van der Waals surface area contributed by atoms with Crippen LogP contribution < -0.4 is 10.6 Å².